The molecule has 0 unspecified atom stereocenters. The number of rotatable bonds is 10. The van der Waals surface area contributed by atoms with E-state index in [2.05, 4.69) is 76.0 Å². The Morgan fingerprint density at radius 1 is 1.11 bits per heavy atom. The highest BCUT2D eigenvalue weighted by Crippen LogP contribution is 2.29. The van der Waals surface area contributed by atoms with Crippen LogP contribution in [0.15, 0.2) is 97.9 Å². The molecule has 4 rings (SSSR count). The average Bonchev–Trinajstić information content (AvgIpc) is 3.33. The smallest absolute Gasteiger partial charge is 0.111 e. The van der Waals surface area contributed by atoms with E-state index in [0.29, 0.717) is 6.42 Å². The Morgan fingerprint density at radius 3 is 2.61 bits per heavy atom. The third kappa shape index (κ3) is 5.44. The molecular formula is C30H32N6. The number of imidazole rings is 1. The number of aromatic nitrogens is 4. The lowest BCUT2D eigenvalue weighted by atomic mass is 9.98. The number of hydrogen-bond acceptors (Lipinski definition) is 5. The molecule has 36 heavy (non-hydrogen) atoms. The lowest BCUT2D eigenvalue weighted by molar-refractivity contribution is 0.921. The Labute approximate surface area is 212 Å². The fraction of sp³-hybridized carbons (Fsp3) is 0.167. The van der Waals surface area contributed by atoms with Crippen molar-refractivity contribution in [3.63, 3.8) is 0 Å². The standard InChI is InChI=1S/C30H32N6/c1-6-20(4)34-25(8-3)16-21(7-2)23-9-10-27(31-5)24(15-23)17-29-35-28-19-33-18-26(30(28)36-29)22-11-13-32-14-12-22/h7-16,18-19,31,34H,3-4,6,17H2,1-2,5H3,(H,35,36)/b21-7+,25-16+. The fourth-order valence-electron chi connectivity index (χ4n) is 4.09. The summed E-state index contributed by atoms with van der Waals surface area (Å²) < 4.78 is 0. The summed E-state index contributed by atoms with van der Waals surface area (Å²) in [6.45, 7) is 12.1. The van der Waals surface area contributed by atoms with Crippen LogP contribution < -0.4 is 10.6 Å². The molecule has 4 aromatic rings. The number of nitrogens with zero attached hydrogens (tertiary/aromatic N) is 3. The zero-order chi connectivity index (χ0) is 25.5. The molecule has 6 nitrogen and oxygen atoms in total. The maximum absolute atomic E-state index is 4.95. The molecule has 1 aromatic carbocycles. The Kier molecular flexibility index (Phi) is 7.75. The van der Waals surface area contributed by atoms with Crippen LogP contribution in [0.1, 0.15) is 37.2 Å². The summed E-state index contributed by atoms with van der Waals surface area (Å²) in [5.41, 5.74) is 10.1. The quantitative estimate of drug-likeness (QED) is 0.224. The molecule has 0 amide bonds. The topological polar surface area (TPSA) is 78.5 Å². The van der Waals surface area contributed by atoms with Crippen molar-refractivity contribution in [2.45, 2.75) is 26.7 Å². The SMILES string of the molecule is C=C/C(=C\C(=C/C)c1ccc(NC)c(Cc2nc3c(-c4ccncc4)cncc3[nH]2)c1)NC(=C)CC. The van der Waals surface area contributed by atoms with E-state index in [-0.39, 0.29) is 0 Å². The second-order valence-electron chi connectivity index (χ2n) is 8.43. The van der Waals surface area contributed by atoms with Crippen LogP contribution in [0.4, 0.5) is 5.69 Å². The van der Waals surface area contributed by atoms with E-state index in [1.807, 2.05) is 44.6 Å². The highest BCUT2D eigenvalue weighted by molar-refractivity contribution is 5.91. The summed E-state index contributed by atoms with van der Waals surface area (Å²) in [6, 6.07) is 10.4. The van der Waals surface area contributed by atoms with E-state index in [1.54, 1.807) is 12.4 Å². The molecular weight excluding hydrogens is 444 g/mol. The molecule has 3 aromatic heterocycles. The zero-order valence-electron chi connectivity index (χ0n) is 21.1. The van der Waals surface area contributed by atoms with Crippen molar-refractivity contribution >= 4 is 22.3 Å². The third-order valence-electron chi connectivity index (χ3n) is 6.09. The van der Waals surface area contributed by atoms with Gasteiger partial charge < -0.3 is 15.6 Å². The van der Waals surface area contributed by atoms with Crippen molar-refractivity contribution in [1.82, 2.24) is 25.3 Å². The summed E-state index contributed by atoms with van der Waals surface area (Å²) in [7, 11) is 1.94. The van der Waals surface area contributed by atoms with Crippen molar-refractivity contribution < 1.29 is 0 Å². The molecule has 0 spiro atoms. The minimum atomic E-state index is 0.647. The number of allylic oxidation sites excluding steroid dienone is 5. The molecule has 0 aliphatic heterocycles. The summed E-state index contributed by atoms with van der Waals surface area (Å²) in [4.78, 5) is 17.0. The molecule has 182 valence electrons. The molecule has 6 heteroatoms. The van der Waals surface area contributed by atoms with Gasteiger partial charge in [0.1, 0.15) is 5.82 Å². The third-order valence-corrected chi connectivity index (χ3v) is 6.09. The molecule has 0 bridgehead atoms. The molecule has 0 aliphatic rings. The van der Waals surface area contributed by atoms with Crippen LogP contribution in [0, 0.1) is 0 Å². The number of anilines is 1. The molecule has 0 saturated heterocycles. The van der Waals surface area contributed by atoms with Crippen LogP contribution in [-0.2, 0) is 6.42 Å². The van der Waals surface area contributed by atoms with E-state index in [0.717, 1.165) is 68.2 Å². The lowest BCUT2D eigenvalue weighted by Crippen LogP contribution is -2.09. The summed E-state index contributed by atoms with van der Waals surface area (Å²) >= 11 is 0. The molecule has 0 radical (unpaired) electrons. The Balaban J connectivity index is 1.69. The van der Waals surface area contributed by atoms with Gasteiger partial charge in [0, 0.05) is 54.7 Å². The van der Waals surface area contributed by atoms with Crippen LogP contribution in [0.25, 0.3) is 27.7 Å². The van der Waals surface area contributed by atoms with Gasteiger partial charge >= 0.3 is 0 Å². The van der Waals surface area contributed by atoms with Crippen LogP contribution in [0.5, 0.6) is 0 Å². The van der Waals surface area contributed by atoms with Crippen molar-refractivity contribution in [2.75, 3.05) is 12.4 Å². The Hall–Kier alpha value is -4.45. The van der Waals surface area contributed by atoms with Crippen molar-refractivity contribution in [1.29, 1.82) is 0 Å². The number of H-pyrrole nitrogens is 1. The number of fused-ring (bicyclic) bond motifs is 1. The highest BCUT2D eigenvalue weighted by Gasteiger charge is 2.13. The number of benzene rings is 1. The highest BCUT2D eigenvalue weighted by atomic mass is 14.9. The predicted octanol–water partition coefficient (Wildman–Crippen LogP) is 6.64. The Morgan fingerprint density at radius 2 is 1.92 bits per heavy atom. The van der Waals surface area contributed by atoms with Gasteiger partial charge in [0.05, 0.1) is 17.2 Å². The van der Waals surface area contributed by atoms with E-state index in [9.17, 15) is 0 Å². The summed E-state index contributed by atoms with van der Waals surface area (Å²) in [5, 5.41) is 6.65. The van der Waals surface area contributed by atoms with Gasteiger partial charge in [-0.15, -0.1) is 0 Å². The zero-order valence-corrected chi connectivity index (χ0v) is 21.1. The maximum Gasteiger partial charge on any atom is 0.111 e. The first-order chi connectivity index (χ1) is 17.6. The molecule has 0 saturated carbocycles. The largest absolute Gasteiger partial charge is 0.388 e. The van der Waals surface area contributed by atoms with Crippen LogP contribution >= 0.6 is 0 Å². The van der Waals surface area contributed by atoms with Crippen molar-refractivity contribution in [3.8, 4) is 11.1 Å². The fourth-order valence-corrected chi connectivity index (χ4v) is 4.09. The minimum Gasteiger partial charge on any atom is -0.388 e. The predicted molar refractivity (Wildman–Crippen MR) is 150 cm³/mol. The minimum absolute atomic E-state index is 0.647. The van der Waals surface area contributed by atoms with Gasteiger partial charge in [-0.25, -0.2) is 4.98 Å². The van der Waals surface area contributed by atoms with E-state index >= 15 is 0 Å². The van der Waals surface area contributed by atoms with Gasteiger partial charge in [-0.1, -0.05) is 32.2 Å². The second kappa shape index (κ2) is 11.3. The van der Waals surface area contributed by atoms with Gasteiger partial charge in [0.15, 0.2) is 0 Å². The van der Waals surface area contributed by atoms with E-state index in [4.69, 9.17) is 4.98 Å². The van der Waals surface area contributed by atoms with Crippen molar-refractivity contribution in [3.05, 3.63) is 115 Å². The first-order valence-corrected chi connectivity index (χ1v) is 12.1. The van der Waals surface area contributed by atoms with Gasteiger partial charge in [-0.05, 0) is 72.0 Å². The molecule has 0 fully saturated rings. The van der Waals surface area contributed by atoms with E-state index < -0.39 is 0 Å². The van der Waals surface area contributed by atoms with E-state index in [1.165, 1.54) is 0 Å². The monoisotopic (exact) mass is 476 g/mol. The average molecular weight is 477 g/mol. The van der Waals surface area contributed by atoms with Gasteiger partial charge in [0.25, 0.3) is 0 Å². The van der Waals surface area contributed by atoms with Gasteiger partial charge in [0.2, 0.25) is 0 Å². The molecule has 3 heterocycles. The van der Waals surface area contributed by atoms with Crippen LogP contribution in [-0.4, -0.2) is 27.0 Å². The number of hydrogen-bond donors (Lipinski definition) is 3. The van der Waals surface area contributed by atoms with Gasteiger partial charge in [-0.2, -0.15) is 0 Å². The second-order valence-corrected chi connectivity index (χ2v) is 8.43. The first-order valence-electron chi connectivity index (χ1n) is 12.1. The normalized spacial score (nSPS) is 12.0. The summed E-state index contributed by atoms with van der Waals surface area (Å²) in [5.74, 6) is 0.882. The number of pyridine rings is 2. The van der Waals surface area contributed by atoms with Crippen LogP contribution in [0.2, 0.25) is 0 Å². The summed E-state index contributed by atoms with van der Waals surface area (Å²) in [6.07, 6.45) is 14.8. The number of nitrogens with one attached hydrogen (secondary N) is 3. The molecule has 0 atom stereocenters. The Bertz CT molecular complexity index is 1440. The lowest BCUT2D eigenvalue weighted by Gasteiger charge is -2.13. The molecule has 3 N–H and O–H groups in total. The van der Waals surface area contributed by atoms with Crippen molar-refractivity contribution in [2.24, 2.45) is 0 Å². The first kappa shape index (κ1) is 24.7. The van der Waals surface area contributed by atoms with Gasteiger partial charge in [-0.3, -0.25) is 9.97 Å². The number of aromatic amines is 1. The maximum atomic E-state index is 4.95. The van der Waals surface area contributed by atoms with Crippen LogP contribution in [0.3, 0.4) is 0 Å². The molecule has 0 aliphatic carbocycles.